The van der Waals surface area contributed by atoms with E-state index in [-0.39, 0.29) is 10.8 Å². The van der Waals surface area contributed by atoms with Gasteiger partial charge in [0.05, 0.1) is 0 Å². The van der Waals surface area contributed by atoms with E-state index in [1.807, 2.05) is 0 Å². The van der Waals surface area contributed by atoms with Crippen LogP contribution in [0.1, 0.15) is 168 Å². The van der Waals surface area contributed by atoms with Crippen molar-refractivity contribution < 1.29 is 0 Å². The largest absolute Gasteiger partial charge is 0.0654 e. The summed E-state index contributed by atoms with van der Waals surface area (Å²) in [4.78, 5) is 0. The Hall–Kier alpha value is -0.780. The molecule has 0 nitrogen and oxygen atoms in total. The molecule has 0 atom stereocenters. The van der Waals surface area contributed by atoms with Crippen LogP contribution in [0.3, 0.4) is 0 Å². The van der Waals surface area contributed by atoms with Crippen molar-refractivity contribution in [1.29, 1.82) is 0 Å². The second kappa shape index (κ2) is 15.2. The monoisotopic (exact) mass is 442 g/mol. The van der Waals surface area contributed by atoms with Crippen LogP contribution in [0.5, 0.6) is 0 Å². The summed E-state index contributed by atoms with van der Waals surface area (Å²) in [6.07, 6.45) is 21.5. The summed E-state index contributed by atoms with van der Waals surface area (Å²) in [5, 5.41) is 0. The van der Waals surface area contributed by atoms with E-state index in [0.717, 1.165) is 0 Å². The number of hydrogen-bond acceptors (Lipinski definition) is 0. The van der Waals surface area contributed by atoms with Crippen LogP contribution in [0.2, 0.25) is 0 Å². The fourth-order valence-electron chi connectivity index (χ4n) is 4.94. The lowest BCUT2D eigenvalue weighted by Gasteiger charge is -2.33. The van der Waals surface area contributed by atoms with Crippen molar-refractivity contribution in [2.75, 3.05) is 0 Å². The minimum Gasteiger partial charge on any atom is -0.0654 e. The Bertz CT molecular complexity index is 563. The molecule has 0 aliphatic rings. The van der Waals surface area contributed by atoms with Crippen molar-refractivity contribution in [2.24, 2.45) is 0 Å². The van der Waals surface area contributed by atoms with Crippen LogP contribution in [-0.4, -0.2) is 0 Å². The fourth-order valence-corrected chi connectivity index (χ4v) is 4.94. The molecule has 0 aliphatic carbocycles. The van der Waals surface area contributed by atoms with Crippen molar-refractivity contribution in [3.63, 3.8) is 0 Å². The van der Waals surface area contributed by atoms with Gasteiger partial charge in [0.1, 0.15) is 0 Å². The van der Waals surface area contributed by atoms with Gasteiger partial charge in [-0.25, -0.2) is 0 Å². The van der Waals surface area contributed by atoms with E-state index in [4.69, 9.17) is 0 Å². The molecule has 0 unspecified atom stereocenters. The van der Waals surface area contributed by atoms with Crippen molar-refractivity contribution >= 4 is 0 Å². The number of benzene rings is 1. The topological polar surface area (TPSA) is 0 Å². The molecule has 0 heteroatoms. The highest BCUT2D eigenvalue weighted by Gasteiger charge is 2.27. The van der Waals surface area contributed by atoms with Gasteiger partial charge in [-0.1, -0.05) is 132 Å². The molecule has 0 aromatic heterocycles. The summed E-state index contributed by atoms with van der Waals surface area (Å²) in [6, 6.07) is 5.32. The third-order valence-corrected chi connectivity index (χ3v) is 8.15. The lowest BCUT2D eigenvalue weighted by Crippen LogP contribution is -2.23. The first-order valence-corrected chi connectivity index (χ1v) is 14.4. The SMILES string of the molecule is CCCCCCCCc1cc(C(C)(C)CC)c(CCCCCCCC)cc1C(C)(C)CC. The van der Waals surface area contributed by atoms with Crippen LogP contribution in [0.15, 0.2) is 12.1 Å². The number of unbranched alkanes of at least 4 members (excludes halogenated alkanes) is 10. The van der Waals surface area contributed by atoms with Gasteiger partial charge in [-0.3, -0.25) is 0 Å². The summed E-state index contributed by atoms with van der Waals surface area (Å²) < 4.78 is 0. The standard InChI is InChI=1S/C32H58/c1-9-13-15-17-19-21-23-27-25-30(32(7,8)12-4)28(24-22-20-18-16-14-10-2)26-29(27)31(5,6)11-3/h25-26H,9-24H2,1-8H3. The smallest absolute Gasteiger partial charge is 0.0103 e. The Balaban J connectivity index is 3.12. The summed E-state index contributed by atoms with van der Waals surface area (Å²) in [7, 11) is 0. The normalized spacial score (nSPS) is 12.5. The van der Waals surface area contributed by atoms with Crippen molar-refractivity contribution in [3.8, 4) is 0 Å². The van der Waals surface area contributed by atoms with Crippen molar-refractivity contribution in [2.45, 2.75) is 169 Å². The molecule has 1 rings (SSSR count). The fraction of sp³-hybridized carbons (Fsp3) is 0.812. The zero-order valence-corrected chi connectivity index (χ0v) is 23.5. The van der Waals surface area contributed by atoms with Crippen LogP contribution in [0.25, 0.3) is 0 Å². The van der Waals surface area contributed by atoms with E-state index in [1.54, 1.807) is 22.3 Å². The maximum absolute atomic E-state index is 2.66. The highest BCUT2D eigenvalue weighted by atomic mass is 14.3. The summed E-state index contributed by atoms with van der Waals surface area (Å²) >= 11 is 0. The minimum absolute atomic E-state index is 0.266. The Morgan fingerprint density at radius 2 is 0.781 bits per heavy atom. The molecule has 0 fully saturated rings. The van der Waals surface area contributed by atoms with Crippen LogP contribution in [-0.2, 0) is 23.7 Å². The molecule has 32 heavy (non-hydrogen) atoms. The Morgan fingerprint density at radius 1 is 0.469 bits per heavy atom. The summed E-state index contributed by atoms with van der Waals surface area (Å²) in [5.74, 6) is 0. The van der Waals surface area contributed by atoms with Gasteiger partial charge in [0, 0.05) is 0 Å². The molecule has 0 heterocycles. The molecule has 186 valence electrons. The molecule has 1 aromatic rings. The highest BCUT2D eigenvalue weighted by molar-refractivity contribution is 5.45. The predicted octanol–water partition coefficient (Wildman–Crippen LogP) is 10.9. The first-order chi connectivity index (χ1) is 15.2. The molecule has 0 saturated carbocycles. The summed E-state index contributed by atoms with van der Waals surface area (Å²) in [6.45, 7) is 19.2. The van der Waals surface area contributed by atoms with Gasteiger partial charge in [0.25, 0.3) is 0 Å². The number of aryl methyl sites for hydroxylation is 2. The molecular weight excluding hydrogens is 384 g/mol. The van der Waals surface area contributed by atoms with Gasteiger partial charge in [-0.2, -0.15) is 0 Å². The van der Waals surface area contributed by atoms with Crippen LogP contribution in [0.4, 0.5) is 0 Å². The lowest BCUT2D eigenvalue weighted by atomic mass is 9.72. The molecule has 0 spiro atoms. The highest BCUT2D eigenvalue weighted by Crippen LogP contribution is 2.38. The molecule has 0 N–H and O–H groups in total. The van der Waals surface area contributed by atoms with E-state index >= 15 is 0 Å². The molecule has 0 saturated heterocycles. The van der Waals surface area contributed by atoms with Crippen LogP contribution in [0, 0.1) is 0 Å². The van der Waals surface area contributed by atoms with E-state index < -0.39 is 0 Å². The number of hydrogen-bond donors (Lipinski definition) is 0. The Labute approximate surface area is 203 Å². The molecular formula is C32H58. The molecule has 1 aromatic carbocycles. The second-order valence-electron chi connectivity index (χ2n) is 11.7. The molecule has 0 aliphatic heterocycles. The quantitative estimate of drug-likeness (QED) is 0.198. The van der Waals surface area contributed by atoms with Gasteiger partial charge in [0.2, 0.25) is 0 Å². The zero-order chi connectivity index (χ0) is 24.0. The summed E-state index contributed by atoms with van der Waals surface area (Å²) in [5.41, 5.74) is 7.12. The Kier molecular flexibility index (Phi) is 13.9. The average molecular weight is 443 g/mol. The number of rotatable bonds is 18. The first kappa shape index (κ1) is 29.3. The maximum atomic E-state index is 2.66. The zero-order valence-electron chi connectivity index (χ0n) is 23.5. The molecule has 0 amide bonds. The first-order valence-electron chi connectivity index (χ1n) is 14.4. The van der Waals surface area contributed by atoms with Gasteiger partial charge < -0.3 is 0 Å². The van der Waals surface area contributed by atoms with E-state index in [2.05, 4.69) is 67.5 Å². The lowest BCUT2D eigenvalue weighted by molar-refractivity contribution is 0.483. The minimum atomic E-state index is 0.266. The second-order valence-corrected chi connectivity index (χ2v) is 11.7. The third kappa shape index (κ3) is 9.61. The van der Waals surface area contributed by atoms with Crippen molar-refractivity contribution in [1.82, 2.24) is 0 Å². The molecule has 0 radical (unpaired) electrons. The van der Waals surface area contributed by atoms with Crippen molar-refractivity contribution in [3.05, 3.63) is 34.4 Å². The van der Waals surface area contributed by atoms with Gasteiger partial charge in [-0.15, -0.1) is 0 Å². The average Bonchev–Trinajstić information content (AvgIpc) is 2.78. The maximum Gasteiger partial charge on any atom is -0.0103 e. The van der Waals surface area contributed by atoms with Crippen LogP contribution < -0.4 is 0 Å². The predicted molar refractivity (Wildman–Crippen MR) is 147 cm³/mol. The van der Waals surface area contributed by atoms with Gasteiger partial charge in [0.15, 0.2) is 0 Å². The molecule has 0 bridgehead atoms. The van der Waals surface area contributed by atoms with E-state index in [9.17, 15) is 0 Å². The van der Waals surface area contributed by atoms with E-state index in [1.165, 1.54) is 103 Å². The third-order valence-electron chi connectivity index (χ3n) is 8.15. The van der Waals surface area contributed by atoms with Crippen LogP contribution >= 0.6 is 0 Å². The van der Waals surface area contributed by atoms with E-state index in [0.29, 0.717) is 0 Å². The Morgan fingerprint density at radius 3 is 1.09 bits per heavy atom. The van der Waals surface area contributed by atoms with Gasteiger partial charge >= 0.3 is 0 Å². The van der Waals surface area contributed by atoms with Gasteiger partial charge in [-0.05, 0) is 71.6 Å².